The molecular formula is C12H13FN4OS. The Morgan fingerprint density at radius 1 is 1.63 bits per heavy atom. The van der Waals surface area contributed by atoms with Crippen molar-refractivity contribution < 1.29 is 9.18 Å². The van der Waals surface area contributed by atoms with E-state index in [1.165, 1.54) is 11.3 Å². The van der Waals surface area contributed by atoms with E-state index in [-0.39, 0.29) is 24.1 Å². The third-order valence-electron chi connectivity index (χ3n) is 2.42. The Bertz CT molecular complexity index is 573. The highest BCUT2D eigenvalue weighted by Gasteiger charge is 2.12. The first-order valence-electron chi connectivity index (χ1n) is 5.66. The van der Waals surface area contributed by atoms with E-state index >= 15 is 0 Å². The quantitative estimate of drug-likeness (QED) is 0.878. The minimum absolute atomic E-state index is 0.161. The lowest BCUT2D eigenvalue weighted by Gasteiger charge is -2.12. The molecule has 0 radical (unpaired) electrons. The summed E-state index contributed by atoms with van der Waals surface area (Å²) in [4.78, 5) is 18.8. The smallest absolute Gasteiger partial charge is 0.223 e. The van der Waals surface area contributed by atoms with Crippen LogP contribution >= 0.6 is 11.3 Å². The number of carbonyl (C=O) groups excluding carboxylic acids is 1. The highest BCUT2D eigenvalue weighted by atomic mass is 32.1. The fourth-order valence-electron chi connectivity index (χ4n) is 1.61. The van der Waals surface area contributed by atoms with E-state index in [9.17, 15) is 9.18 Å². The van der Waals surface area contributed by atoms with Crippen LogP contribution < -0.4 is 11.1 Å². The van der Waals surface area contributed by atoms with Crippen molar-refractivity contribution in [3.05, 3.63) is 28.8 Å². The Morgan fingerprint density at radius 2 is 2.42 bits per heavy atom. The van der Waals surface area contributed by atoms with Crippen LogP contribution in [-0.4, -0.2) is 21.9 Å². The number of nitrogens with two attached hydrogens (primary N) is 1. The largest absolute Gasteiger partial charge is 0.370 e. The molecule has 0 unspecified atom stereocenters. The molecule has 2 aromatic rings. The molecule has 2 aromatic heterocycles. The molecule has 0 aromatic carbocycles. The molecule has 3 N–H and O–H groups in total. The Labute approximate surface area is 113 Å². The van der Waals surface area contributed by atoms with Crippen LogP contribution in [0.2, 0.25) is 0 Å². The van der Waals surface area contributed by atoms with Crippen molar-refractivity contribution in [1.29, 1.82) is 0 Å². The van der Waals surface area contributed by atoms with Gasteiger partial charge in [-0.25, -0.2) is 14.4 Å². The molecule has 100 valence electrons. The predicted molar refractivity (Wildman–Crippen MR) is 72.2 cm³/mol. The molecule has 0 saturated heterocycles. The molecule has 0 aliphatic heterocycles. The van der Waals surface area contributed by atoms with E-state index in [0.717, 1.165) is 6.20 Å². The average molecular weight is 280 g/mol. The molecule has 0 bridgehead atoms. The zero-order chi connectivity index (χ0) is 13.8. The topological polar surface area (TPSA) is 80.9 Å². The number of rotatable bonds is 5. The lowest BCUT2D eigenvalue weighted by atomic mass is 10.2. The minimum Gasteiger partial charge on any atom is -0.370 e. The molecule has 19 heavy (non-hydrogen) atoms. The van der Waals surface area contributed by atoms with Crippen molar-refractivity contribution in [3.8, 4) is 11.3 Å². The maximum absolute atomic E-state index is 13.7. The lowest BCUT2D eigenvalue weighted by molar-refractivity contribution is -0.118. The van der Waals surface area contributed by atoms with Gasteiger partial charge in [-0.1, -0.05) is 0 Å². The van der Waals surface area contributed by atoms with E-state index < -0.39 is 11.7 Å². The van der Waals surface area contributed by atoms with Crippen LogP contribution in [0, 0.1) is 5.82 Å². The van der Waals surface area contributed by atoms with E-state index in [1.807, 2.05) is 10.8 Å². The van der Waals surface area contributed by atoms with Crippen molar-refractivity contribution in [3.63, 3.8) is 0 Å². The first-order valence-corrected chi connectivity index (χ1v) is 6.60. The van der Waals surface area contributed by atoms with E-state index in [1.54, 1.807) is 13.0 Å². The molecule has 5 nitrogen and oxygen atoms in total. The van der Waals surface area contributed by atoms with Gasteiger partial charge in [0, 0.05) is 23.4 Å². The van der Waals surface area contributed by atoms with Gasteiger partial charge in [-0.15, -0.1) is 0 Å². The number of primary amides is 1. The summed E-state index contributed by atoms with van der Waals surface area (Å²) in [5, 5.41) is 6.57. The second-order valence-corrected chi connectivity index (χ2v) is 4.90. The fraction of sp³-hybridized carbons (Fsp3) is 0.250. The van der Waals surface area contributed by atoms with Gasteiger partial charge < -0.3 is 11.1 Å². The van der Waals surface area contributed by atoms with Crippen molar-refractivity contribution in [2.45, 2.75) is 19.4 Å². The zero-order valence-corrected chi connectivity index (χ0v) is 11.1. The molecule has 0 aliphatic rings. The van der Waals surface area contributed by atoms with E-state index in [2.05, 4.69) is 15.3 Å². The molecule has 1 amide bonds. The van der Waals surface area contributed by atoms with Crippen molar-refractivity contribution in [1.82, 2.24) is 9.97 Å². The number of halogens is 1. The van der Waals surface area contributed by atoms with Gasteiger partial charge in [0.05, 0.1) is 6.20 Å². The number of carbonyl (C=O) groups is 1. The number of hydrogen-bond donors (Lipinski definition) is 2. The second kappa shape index (κ2) is 5.75. The summed E-state index contributed by atoms with van der Waals surface area (Å²) in [6.45, 7) is 1.78. The number of nitrogens with one attached hydrogen (secondary N) is 1. The third-order valence-corrected chi connectivity index (χ3v) is 3.10. The molecule has 2 heterocycles. The Balaban J connectivity index is 2.19. The maximum atomic E-state index is 13.7. The van der Waals surface area contributed by atoms with Crippen LogP contribution in [0.15, 0.2) is 23.0 Å². The van der Waals surface area contributed by atoms with Crippen molar-refractivity contribution in [2.24, 2.45) is 5.73 Å². The monoisotopic (exact) mass is 280 g/mol. The van der Waals surface area contributed by atoms with Gasteiger partial charge in [0.25, 0.3) is 0 Å². The molecule has 0 spiro atoms. The van der Waals surface area contributed by atoms with Gasteiger partial charge in [-0.2, -0.15) is 11.3 Å². The summed E-state index contributed by atoms with van der Waals surface area (Å²) < 4.78 is 13.7. The zero-order valence-electron chi connectivity index (χ0n) is 10.3. The SMILES string of the molecule is C[C@@H](CC(N)=O)Nc1ncc(F)c(-c2ccsc2)n1. The van der Waals surface area contributed by atoms with Crippen LogP contribution in [0.1, 0.15) is 13.3 Å². The molecule has 0 aliphatic carbocycles. The average Bonchev–Trinajstić information content (AvgIpc) is 2.84. The van der Waals surface area contributed by atoms with Crippen molar-refractivity contribution in [2.75, 3.05) is 5.32 Å². The summed E-state index contributed by atoms with van der Waals surface area (Å²) in [5.74, 6) is -0.622. The van der Waals surface area contributed by atoms with Crippen LogP contribution in [0.3, 0.4) is 0 Å². The number of anilines is 1. The van der Waals surface area contributed by atoms with E-state index in [0.29, 0.717) is 5.56 Å². The fourth-order valence-corrected chi connectivity index (χ4v) is 2.25. The maximum Gasteiger partial charge on any atom is 0.223 e. The first-order chi connectivity index (χ1) is 9.06. The molecule has 0 fully saturated rings. The van der Waals surface area contributed by atoms with E-state index in [4.69, 9.17) is 5.73 Å². The van der Waals surface area contributed by atoms with Crippen LogP contribution in [-0.2, 0) is 4.79 Å². The first kappa shape index (κ1) is 13.4. The molecule has 7 heteroatoms. The van der Waals surface area contributed by atoms with Crippen LogP contribution in [0.25, 0.3) is 11.3 Å². The Kier molecular flexibility index (Phi) is 4.06. The van der Waals surface area contributed by atoms with Gasteiger partial charge in [-0.05, 0) is 18.4 Å². The summed E-state index contributed by atoms with van der Waals surface area (Å²) in [6, 6.07) is 1.57. The van der Waals surface area contributed by atoms with Gasteiger partial charge in [0.2, 0.25) is 11.9 Å². The van der Waals surface area contributed by atoms with Gasteiger partial charge in [0.1, 0.15) is 5.69 Å². The molecule has 2 rings (SSSR count). The number of hydrogen-bond acceptors (Lipinski definition) is 5. The number of nitrogens with zero attached hydrogens (tertiary/aromatic N) is 2. The molecule has 0 saturated carbocycles. The summed E-state index contributed by atoms with van der Waals surface area (Å²) in [5.41, 5.74) is 6.04. The third kappa shape index (κ3) is 3.47. The number of amides is 1. The number of thiophene rings is 1. The lowest BCUT2D eigenvalue weighted by Crippen LogP contribution is -2.25. The normalized spacial score (nSPS) is 12.1. The van der Waals surface area contributed by atoms with Crippen LogP contribution in [0.5, 0.6) is 0 Å². The van der Waals surface area contributed by atoms with Gasteiger partial charge in [-0.3, -0.25) is 4.79 Å². The van der Waals surface area contributed by atoms with Gasteiger partial charge >= 0.3 is 0 Å². The molecule has 1 atom stereocenters. The number of aromatic nitrogens is 2. The second-order valence-electron chi connectivity index (χ2n) is 4.12. The van der Waals surface area contributed by atoms with Crippen LogP contribution in [0.4, 0.5) is 10.3 Å². The summed E-state index contributed by atoms with van der Waals surface area (Å²) in [7, 11) is 0. The Hall–Kier alpha value is -2.02. The standard InChI is InChI=1S/C12H13FN4OS/c1-7(4-10(14)18)16-12-15-5-9(13)11(17-12)8-2-3-19-6-8/h2-3,5-7H,4H2,1H3,(H2,14,18)(H,15,16,17)/t7-/m0/s1. The minimum atomic E-state index is -0.480. The summed E-state index contributed by atoms with van der Waals surface area (Å²) >= 11 is 1.46. The predicted octanol–water partition coefficient (Wildman–Crippen LogP) is 2.02. The van der Waals surface area contributed by atoms with Gasteiger partial charge in [0.15, 0.2) is 5.82 Å². The molecular weight excluding hydrogens is 267 g/mol. The highest BCUT2D eigenvalue weighted by Crippen LogP contribution is 2.23. The highest BCUT2D eigenvalue weighted by molar-refractivity contribution is 7.08. The van der Waals surface area contributed by atoms with Crippen molar-refractivity contribution >= 4 is 23.2 Å². The Morgan fingerprint density at radius 3 is 3.05 bits per heavy atom. The summed E-state index contributed by atoms with van der Waals surface area (Å²) in [6.07, 6.45) is 1.27.